The van der Waals surface area contributed by atoms with Crippen LogP contribution in [0.15, 0.2) is 42.5 Å². The molecule has 0 aromatic heterocycles. The van der Waals surface area contributed by atoms with Crippen LogP contribution in [0.4, 0.5) is 4.39 Å². The van der Waals surface area contributed by atoms with E-state index in [1.807, 2.05) is 31.2 Å². The first-order chi connectivity index (χ1) is 12.5. The van der Waals surface area contributed by atoms with Gasteiger partial charge in [-0.2, -0.15) is 0 Å². The summed E-state index contributed by atoms with van der Waals surface area (Å²) >= 11 is 5.93. The highest BCUT2D eigenvalue weighted by molar-refractivity contribution is 6.33. The number of nitrogens with zero attached hydrogens (tertiary/aromatic N) is 1. The molecular weight excluding hydrogens is 355 g/mol. The second kappa shape index (κ2) is 7.87. The van der Waals surface area contributed by atoms with Gasteiger partial charge in [0.15, 0.2) is 0 Å². The van der Waals surface area contributed by atoms with Crippen molar-refractivity contribution < 1.29 is 14.0 Å². The Labute approximate surface area is 157 Å². The summed E-state index contributed by atoms with van der Waals surface area (Å²) in [5, 5.41) is 2.92. The molecule has 1 N–H and O–H groups in total. The molecule has 0 radical (unpaired) electrons. The monoisotopic (exact) mass is 374 g/mol. The minimum absolute atomic E-state index is 0.00405. The maximum absolute atomic E-state index is 13.8. The third-order valence-electron chi connectivity index (χ3n) is 4.57. The second-order valence-corrected chi connectivity index (χ2v) is 6.91. The van der Waals surface area contributed by atoms with Crippen molar-refractivity contribution in [2.24, 2.45) is 0 Å². The average molecular weight is 375 g/mol. The van der Waals surface area contributed by atoms with Crippen LogP contribution in [0.2, 0.25) is 5.02 Å². The van der Waals surface area contributed by atoms with Gasteiger partial charge < -0.3 is 10.2 Å². The van der Waals surface area contributed by atoms with Crippen molar-refractivity contribution in [2.75, 3.05) is 13.1 Å². The van der Waals surface area contributed by atoms with Gasteiger partial charge in [-0.3, -0.25) is 9.59 Å². The van der Waals surface area contributed by atoms with Crippen LogP contribution in [0.1, 0.15) is 39.1 Å². The van der Waals surface area contributed by atoms with Crippen LogP contribution in [-0.4, -0.2) is 35.8 Å². The molecule has 1 saturated heterocycles. The number of halogens is 2. The molecule has 0 spiro atoms. The van der Waals surface area contributed by atoms with Gasteiger partial charge in [-0.1, -0.05) is 35.4 Å². The molecule has 1 fully saturated rings. The third kappa shape index (κ3) is 4.05. The van der Waals surface area contributed by atoms with Crippen molar-refractivity contribution in [1.82, 2.24) is 10.2 Å². The number of hydrogen-bond donors (Lipinski definition) is 1. The number of carbonyl (C=O) groups excluding carboxylic acids is 2. The fraction of sp³-hybridized carbons (Fsp3) is 0.300. The fourth-order valence-corrected chi connectivity index (χ4v) is 3.41. The van der Waals surface area contributed by atoms with E-state index in [0.29, 0.717) is 31.5 Å². The van der Waals surface area contributed by atoms with E-state index >= 15 is 0 Å². The van der Waals surface area contributed by atoms with Gasteiger partial charge in [-0.05, 0) is 44.0 Å². The van der Waals surface area contributed by atoms with E-state index in [2.05, 4.69) is 5.32 Å². The molecule has 0 aliphatic carbocycles. The van der Waals surface area contributed by atoms with Crippen molar-refractivity contribution in [3.63, 3.8) is 0 Å². The first-order valence-electron chi connectivity index (χ1n) is 8.56. The number of hydrogen-bond acceptors (Lipinski definition) is 2. The lowest BCUT2D eigenvalue weighted by molar-refractivity contribution is 0.0698. The summed E-state index contributed by atoms with van der Waals surface area (Å²) < 4.78 is 13.8. The van der Waals surface area contributed by atoms with E-state index in [4.69, 9.17) is 11.6 Å². The SMILES string of the molecule is Cc1cccc(C(=O)N2CCC(NC(=O)c3c(F)cccc3Cl)CC2)c1. The Hall–Kier alpha value is -2.40. The first-order valence-corrected chi connectivity index (χ1v) is 8.94. The van der Waals surface area contributed by atoms with Crippen LogP contribution in [0.5, 0.6) is 0 Å². The summed E-state index contributed by atoms with van der Waals surface area (Å²) in [5.74, 6) is -1.16. The number of aryl methyl sites for hydroxylation is 1. The van der Waals surface area contributed by atoms with Crippen LogP contribution < -0.4 is 5.32 Å². The van der Waals surface area contributed by atoms with Gasteiger partial charge in [-0.15, -0.1) is 0 Å². The lowest BCUT2D eigenvalue weighted by atomic mass is 10.0. The Morgan fingerprint density at radius 1 is 1.15 bits per heavy atom. The molecule has 0 unspecified atom stereocenters. The molecular formula is C20H20ClFN2O2. The summed E-state index contributed by atoms with van der Waals surface area (Å²) in [5.41, 5.74) is 1.58. The largest absolute Gasteiger partial charge is 0.349 e. The molecule has 1 heterocycles. The Balaban J connectivity index is 1.59. The molecule has 1 aliphatic heterocycles. The summed E-state index contributed by atoms with van der Waals surface area (Å²) in [6, 6.07) is 11.6. The molecule has 2 aromatic rings. The predicted octanol–water partition coefficient (Wildman–Crippen LogP) is 3.82. The standard InChI is InChI=1S/C20H20ClFN2O2/c1-13-4-2-5-14(12-13)20(26)24-10-8-15(9-11-24)23-19(25)18-16(21)6-3-7-17(18)22/h2-7,12,15H,8-11H2,1H3,(H,23,25). The Morgan fingerprint density at radius 2 is 1.85 bits per heavy atom. The zero-order valence-corrected chi connectivity index (χ0v) is 15.2. The lowest BCUT2D eigenvalue weighted by Gasteiger charge is -2.32. The maximum Gasteiger partial charge on any atom is 0.255 e. The first kappa shape index (κ1) is 18.4. The molecule has 26 heavy (non-hydrogen) atoms. The fourth-order valence-electron chi connectivity index (χ4n) is 3.16. The molecule has 3 rings (SSSR count). The number of rotatable bonds is 3. The van der Waals surface area contributed by atoms with Crippen LogP contribution in [0.25, 0.3) is 0 Å². The van der Waals surface area contributed by atoms with Crippen molar-refractivity contribution in [3.05, 3.63) is 70.0 Å². The number of likely N-dealkylation sites (tertiary alicyclic amines) is 1. The van der Waals surface area contributed by atoms with Gasteiger partial charge in [0.1, 0.15) is 5.82 Å². The minimum atomic E-state index is -0.637. The zero-order valence-electron chi connectivity index (χ0n) is 14.5. The van der Waals surface area contributed by atoms with Gasteiger partial charge in [0.2, 0.25) is 0 Å². The van der Waals surface area contributed by atoms with Crippen LogP contribution in [0.3, 0.4) is 0 Å². The highest BCUT2D eigenvalue weighted by Gasteiger charge is 2.26. The number of benzene rings is 2. The molecule has 0 bridgehead atoms. The quantitative estimate of drug-likeness (QED) is 0.887. The molecule has 0 atom stereocenters. The van der Waals surface area contributed by atoms with Crippen molar-refractivity contribution in [3.8, 4) is 0 Å². The molecule has 2 aromatic carbocycles. The van der Waals surface area contributed by atoms with Crippen LogP contribution in [0, 0.1) is 12.7 Å². The minimum Gasteiger partial charge on any atom is -0.349 e. The van der Waals surface area contributed by atoms with E-state index < -0.39 is 11.7 Å². The van der Waals surface area contributed by atoms with E-state index in [-0.39, 0.29) is 22.5 Å². The number of piperidine rings is 1. The Bertz CT molecular complexity index is 812. The van der Waals surface area contributed by atoms with Gasteiger partial charge in [0, 0.05) is 24.7 Å². The molecule has 136 valence electrons. The predicted molar refractivity (Wildman–Crippen MR) is 99.0 cm³/mol. The van der Waals surface area contributed by atoms with E-state index in [1.54, 1.807) is 4.90 Å². The molecule has 6 heteroatoms. The third-order valence-corrected chi connectivity index (χ3v) is 4.89. The van der Waals surface area contributed by atoms with E-state index in [1.165, 1.54) is 18.2 Å². The summed E-state index contributed by atoms with van der Waals surface area (Å²) in [6.45, 7) is 3.04. The van der Waals surface area contributed by atoms with Gasteiger partial charge in [-0.25, -0.2) is 4.39 Å². The Kier molecular flexibility index (Phi) is 5.57. The molecule has 2 amide bonds. The second-order valence-electron chi connectivity index (χ2n) is 6.51. The molecule has 4 nitrogen and oxygen atoms in total. The number of amides is 2. The van der Waals surface area contributed by atoms with Crippen molar-refractivity contribution in [2.45, 2.75) is 25.8 Å². The zero-order chi connectivity index (χ0) is 18.7. The Morgan fingerprint density at radius 3 is 2.50 bits per heavy atom. The van der Waals surface area contributed by atoms with E-state index in [9.17, 15) is 14.0 Å². The number of nitrogens with one attached hydrogen (secondary N) is 1. The summed E-state index contributed by atoms with van der Waals surface area (Å²) in [6.07, 6.45) is 1.24. The van der Waals surface area contributed by atoms with Gasteiger partial charge in [0.05, 0.1) is 10.6 Å². The maximum atomic E-state index is 13.8. The highest BCUT2D eigenvalue weighted by atomic mass is 35.5. The normalized spacial score (nSPS) is 15.0. The number of carbonyl (C=O) groups is 2. The van der Waals surface area contributed by atoms with Crippen molar-refractivity contribution in [1.29, 1.82) is 0 Å². The smallest absolute Gasteiger partial charge is 0.255 e. The topological polar surface area (TPSA) is 49.4 Å². The lowest BCUT2D eigenvalue weighted by Crippen LogP contribution is -2.46. The van der Waals surface area contributed by atoms with E-state index in [0.717, 1.165) is 5.56 Å². The molecule has 1 aliphatic rings. The van der Waals surface area contributed by atoms with Crippen molar-refractivity contribution >= 4 is 23.4 Å². The summed E-state index contributed by atoms with van der Waals surface area (Å²) in [4.78, 5) is 26.7. The summed E-state index contributed by atoms with van der Waals surface area (Å²) in [7, 11) is 0. The van der Waals surface area contributed by atoms with Gasteiger partial charge in [0.25, 0.3) is 11.8 Å². The van der Waals surface area contributed by atoms with Crippen LogP contribution in [-0.2, 0) is 0 Å². The van der Waals surface area contributed by atoms with Crippen LogP contribution >= 0.6 is 11.6 Å². The van der Waals surface area contributed by atoms with Gasteiger partial charge >= 0.3 is 0 Å². The average Bonchev–Trinajstić information content (AvgIpc) is 2.61. The highest BCUT2D eigenvalue weighted by Crippen LogP contribution is 2.20. The molecule has 0 saturated carbocycles.